The van der Waals surface area contributed by atoms with Crippen LogP contribution in [0.5, 0.6) is 0 Å². The lowest BCUT2D eigenvalue weighted by molar-refractivity contribution is -0.268. The predicted molar refractivity (Wildman–Crippen MR) is 153 cm³/mol. The van der Waals surface area contributed by atoms with Crippen molar-refractivity contribution in [3.8, 4) is 0 Å². The zero-order valence-corrected chi connectivity index (χ0v) is 26.8. The fourth-order valence-corrected chi connectivity index (χ4v) is 5.14. The molecule has 0 N–H and O–H groups in total. The molecule has 0 spiro atoms. The van der Waals surface area contributed by atoms with Gasteiger partial charge in [0.15, 0.2) is 24.4 Å². The van der Waals surface area contributed by atoms with E-state index in [2.05, 4.69) is 0 Å². The van der Waals surface area contributed by atoms with E-state index in [9.17, 15) is 24.0 Å². The first-order chi connectivity index (χ1) is 20.3. The molecule has 0 amide bonds. The Bertz CT molecular complexity index is 1260. The molecule has 2 aliphatic rings. The first-order valence-electron chi connectivity index (χ1n) is 14.3. The summed E-state index contributed by atoms with van der Waals surface area (Å²) in [4.78, 5) is 60.8. The summed E-state index contributed by atoms with van der Waals surface area (Å²) >= 11 is 0. The predicted octanol–water partition coefficient (Wildman–Crippen LogP) is 2.02. The highest BCUT2D eigenvalue weighted by Gasteiger charge is 2.56. The van der Waals surface area contributed by atoms with E-state index >= 15 is 0 Å². The highest BCUT2D eigenvalue weighted by Crippen LogP contribution is 2.39. The second-order valence-electron chi connectivity index (χ2n) is 11.9. The summed E-state index contributed by atoms with van der Waals surface area (Å²) in [5, 5.41) is 0. The van der Waals surface area contributed by atoms with E-state index in [4.69, 9.17) is 37.7 Å². The second kappa shape index (κ2) is 13.7. The number of benzene rings is 1. The molecular weight excluding hydrogens is 579 g/mol. The molecule has 3 rings (SSSR count). The van der Waals surface area contributed by atoms with Crippen LogP contribution in [0, 0.1) is 6.92 Å². The number of ether oxygens (including phenoxy) is 6. The summed E-state index contributed by atoms with van der Waals surface area (Å²) in [6.45, 7) is 14.9. The molecule has 6 atom stereocenters. The molecule has 2 fully saturated rings. The maximum Gasteiger partial charge on any atom is 0.494 e. The van der Waals surface area contributed by atoms with Gasteiger partial charge in [0.2, 0.25) is 0 Å². The SMILES string of the molecule is CC(=O)OCC1O[C@H]([C@H](OC(C)=O)c2ccc(B3OC(C)(C)C(C)(C)O3)cc2C)C(OC(C)=O)C(OC(C)=O)[C@@H]1OC(C)=O. The fourth-order valence-electron chi connectivity index (χ4n) is 5.14. The van der Waals surface area contributed by atoms with Crippen LogP contribution in [0.1, 0.15) is 79.5 Å². The van der Waals surface area contributed by atoms with E-state index in [0.29, 0.717) is 16.6 Å². The first-order valence-corrected chi connectivity index (χ1v) is 14.3. The lowest BCUT2D eigenvalue weighted by atomic mass is 9.77. The van der Waals surface area contributed by atoms with Gasteiger partial charge in [-0.1, -0.05) is 18.2 Å². The van der Waals surface area contributed by atoms with Crippen LogP contribution in [0.4, 0.5) is 0 Å². The first kappa shape index (κ1) is 35.0. The zero-order chi connectivity index (χ0) is 33.1. The topological polar surface area (TPSA) is 159 Å². The molecule has 0 bridgehead atoms. The van der Waals surface area contributed by atoms with Crippen LogP contribution in [0.3, 0.4) is 0 Å². The van der Waals surface area contributed by atoms with Gasteiger partial charge < -0.3 is 37.7 Å². The molecule has 14 heteroatoms. The summed E-state index contributed by atoms with van der Waals surface area (Å²) in [6.07, 6.45) is -7.91. The van der Waals surface area contributed by atoms with Crippen molar-refractivity contribution in [1.29, 1.82) is 0 Å². The number of aryl methyl sites for hydroxylation is 1. The lowest BCUT2D eigenvalue weighted by Gasteiger charge is -2.46. The van der Waals surface area contributed by atoms with Crippen LogP contribution >= 0.6 is 0 Å². The molecule has 2 aliphatic heterocycles. The van der Waals surface area contributed by atoms with Crippen LogP contribution < -0.4 is 5.46 Å². The average molecular weight is 620 g/mol. The Labute approximate surface area is 257 Å². The highest BCUT2D eigenvalue weighted by molar-refractivity contribution is 6.62. The monoisotopic (exact) mass is 620 g/mol. The average Bonchev–Trinajstić information content (AvgIpc) is 3.09. The smallest absolute Gasteiger partial charge is 0.463 e. The van der Waals surface area contributed by atoms with Crippen molar-refractivity contribution in [2.45, 2.75) is 117 Å². The molecule has 3 unspecified atom stereocenters. The number of rotatable bonds is 9. The van der Waals surface area contributed by atoms with Gasteiger partial charge in [-0.15, -0.1) is 0 Å². The molecule has 1 aromatic carbocycles. The van der Waals surface area contributed by atoms with Gasteiger partial charge in [0.25, 0.3) is 0 Å². The Morgan fingerprint density at radius 1 is 0.773 bits per heavy atom. The van der Waals surface area contributed by atoms with Crippen molar-refractivity contribution in [2.24, 2.45) is 0 Å². The Kier molecular flexibility index (Phi) is 10.9. The molecule has 1 aromatic rings. The van der Waals surface area contributed by atoms with Crippen molar-refractivity contribution in [2.75, 3.05) is 6.61 Å². The van der Waals surface area contributed by atoms with Gasteiger partial charge >= 0.3 is 37.0 Å². The lowest BCUT2D eigenvalue weighted by Crippen LogP contribution is -2.63. The summed E-state index contributed by atoms with van der Waals surface area (Å²) < 4.78 is 46.2. The van der Waals surface area contributed by atoms with Crippen molar-refractivity contribution in [1.82, 2.24) is 0 Å². The molecule has 2 heterocycles. The van der Waals surface area contributed by atoms with Crippen molar-refractivity contribution in [3.05, 3.63) is 29.3 Å². The van der Waals surface area contributed by atoms with Crippen molar-refractivity contribution < 1.29 is 61.7 Å². The maximum atomic E-state index is 12.4. The standard InChI is InChI=1S/C30H41BO13/c1-15-13-21(31-43-29(7,8)30(9,10)44-31)11-12-22(15)24(38-17(3)33)26-28(41-20(6)36)27(40-19(5)35)25(39-18(4)34)23(42-26)14-37-16(2)32/h11-13,23-28H,14H2,1-10H3/t23?,24-,25-,26-,27?,28?/m1/s1. The van der Waals surface area contributed by atoms with E-state index in [1.54, 1.807) is 19.1 Å². The van der Waals surface area contributed by atoms with E-state index in [1.807, 2.05) is 33.8 Å². The van der Waals surface area contributed by atoms with Crippen LogP contribution in [0.15, 0.2) is 18.2 Å². The van der Waals surface area contributed by atoms with Crippen molar-refractivity contribution in [3.63, 3.8) is 0 Å². The second-order valence-corrected chi connectivity index (χ2v) is 11.9. The summed E-state index contributed by atoms with van der Waals surface area (Å²) in [7, 11) is -0.661. The van der Waals surface area contributed by atoms with Crippen LogP contribution in [0.25, 0.3) is 0 Å². The zero-order valence-electron chi connectivity index (χ0n) is 26.8. The largest absolute Gasteiger partial charge is 0.494 e. The quantitative estimate of drug-likeness (QED) is 0.224. The minimum Gasteiger partial charge on any atom is -0.463 e. The number of hydrogen-bond acceptors (Lipinski definition) is 13. The van der Waals surface area contributed by atoms with Gasteiger partial charge in [-0.3, -0.25) is 24.0 Å². The number of hydrogen-bond donors (Lipinski definition) is 0. The Morgan fingerprint density at radius 3 is 1.77 bits per heavy atom. The highest BCUT2D eigenvalue weighted by atomic mass is 16.7. The van der Waals surface area contributed by atoms with Gasteiger partial charge in [-0.2, -0.15) is 0 Å². The molecule has 0 saturated carbocycles. The third-order valence-corrected chi connectivity index (χ3v) is 7.74. The Morgan fingerprint density at radius 2 is 1.30 bits per heavy atom. The van der Waals surface area contributed by atoms with E-state index in [0.717, 1.165) is 20.8 Å². The van der Waals surface area contributed by atoms with E-state index in [1.165, 1.54) is 13.8 Å². The molecule has 242 valence electrons. The Balaban J connectivity index is 2.12. The van der Waals surface area contributed by atoms with Gasteiger partial charge in [-0.25, -0.2) is 0 Å². The molecule has 44 heavy (non-hydrogen) atoms. The maximum absolute atomic E-state index is 12.4. The van der Waals surface area contributed by atoms with Crippen LogP contribution in [-0.4, -0.2) is 85.3 Å². The van der Waals surface area contributed by atoms with E-state index < -0.39 is 91.4 Å². The molecule has 13 nitrogen and oxygen atoms in total. The van der Waals surface area contributed by atoms with Crippen LogP contribution in [-0.2, 0) is 61.7 Å². The summed E-state index contributed by atoms with van der Waals surface area (Å²) in [5.41, 5.74) is 0.697. The number of carbonyl (C=O) groups is 5. The molecule has 0 aromatic heterocycles. The van der Waals surface area contributed by atoms with E-state index in [-0.39, 0.29) is 0 Å². The number of esters is 5. The normalized spacial score (nSPS) is 26.2. The Hall–Kier alpha value is -3.49. The van der Waals surface area contributed by atoms with Gasteiger partial charge in [0.05, 0.1) is 11.2 Å². The molecule has 2 saturated heterocycles. The van der Waals surface area contributed by atoms with Gasteiger partial charge in [0.1, 0.15) is 18.8 Å². The third kappa shape index (κ3) is 8.16. The number of carbonyl (C=O) groups excluding carboxylic acids is 5. The fraction of sp³-hybridized carbons (Fsp3) is 0.633. The van der Waals surface area contributed by atoms with Gasteiger partial charge in [0, 0.05) is 34.6 Å². The summed E-state index contributed by atoms with van der Waals surface area (Å²) in [5.74, 6) is -3.63. The minimum atomic E-state index is -1.42. The molecule has 0 radical (unpaired) electrons. The van der Waals surface area contributed by atoms with Crippen molar-refractivity contribution >= 4 is 42.4 Å². The third-order valence-electron chi connectivity index (χ3n) is 7.74. The summed E-state index contributed by atoms with van der Waals surface area (Å²) in [6, 6.07) is 5.28. The van der Waals surface area contributed by atoms with Gasteiger partial charge in [-0.05, 0) is 51.2 Å². The van der Waals surface area contributed by atoms with Crippen LogP contribution in [0.2, 0.25) is 0 Å². The molecule has 0 aliphatic carbocycles. The minimum absolute atomic E-state index is 0.416. The molecular formula is C30H41BO13.